The van der Waals surface area contributed by atoms with Crippen LogP contribution in [0.4, 0.5) is 0 Å². The lowest BCUT2D eigenvalue weighted by Crippen LogP contribution is -2.34. The second kappa shape index (κ2) is 3.22. The predicted molar refractivity (Wildman–Crippen MR) is 39.9 cm³/mol. The van der Waals surface area contributed by atoms with Gasteiger partial charge in [-0.15, -0.1) is 0 Å². The second-order valence-corrected chi connectivity index (χ2v) is 3.57. The molecule has 1 aliphatic rings. The molecule has 4 nitrogen and oxygen atoms in total. The first-order valence-electron chi connectivity index (χ1n) is 3.25. The average Bonchev–Trinajstić information content (AvgIpc) is 1.82. The van der Waals surface area contributed by atoms with Crippen molar-refractivity contribution in [1.82, 2.24) is 4.72 Å². The van der Waals surface area contributed by atoms with Crippen LogP contribution in [0.3, 0.4) is 0 Å². The van der Waals surface area contributed by atoms with Crippen molar-refractivity contribution in [2.45, 2.75) is 19.4 Å². The molecule has 11 heavy (non-hydrogen) atoms. The van der Waals surface area contributed by atoms with Gasteiger partial charge >= 0.3 is 10.3 Å². The van der Waals surface area contributed by atoms with Crippen molar-refractivity contribution in [2.75, 3.05) is 6.61 Å². The summed E-state index contributed by atoms with van der Waals surface area (Å²) >= 11 is 0. The van der Waals surface area contributed by atoms with Crippen molar-refractivity contribution in [3.05, 3.63) is 0 Å². The van der Waals surface area contributed by atoms with E-state index < -0.39 is 10.3 Å². The average molecular weight is 175 g/mol. The smallest absolute Gasteiger partial charge is 0.257 e. The molecule has 5 heteroatoms. The zero-order valence-electron chi connectivity index (χ0n) is 6.12. The fraction of sp³-hybridized carbons (Fsp3) is 0.667. The van der Waals surface area contributed by atoms with Crippen molar-refractivity contribution in [1.29, 1.82) is 0 Å². The molecule has 0 aromatic rings. The third-order valence-corrected chi connectivity index (χ3v) is 2.22. The Balaban J connectivity index is 2.76. The highest BCUT2D eigenvalue weighted by atomic mass is 32.2. The van der Waals surface area contributed by atoms with Crippen molar-refractivity contribution >= 4 is 10.3 Å². The molecule has 0 radical (unpaired) electrons. The highest BCUT2D eigenvalue weighted by molar-refractivity contribution is 7.84. The summed E-state index contributed by atoms with van der Waals surface area (Å²) in [5.74, 6) is 5.49. The summed E-state index contributed by atoms with van der Waals surface area (Å²) in [5, 5.41) is 0. The molecule has 1 N–H and O–H groups in total. The maximum Gasteiger partial charge on any atom is 0.336 e. The Bertz CT molecular complexity index is 285. The summed E-state index contributed by atoms with van der Waals surface area (Å²) in [7, 11) is -3.54. The minimum absolute atomic E-state index is 0.134. The van der Waals surface area contributed by atoms with Gasteiger partial charge in [-0.05, 0) is 6.92 Å². The van der Waals surface area contributed by atoms with Crippen LogP contribution in [0.2, 0.25) is 0 Å². The molecule has 0 fully saturated rings. The molecule has 0 amide bonds. The van der Waals surface area contributed by atoms with E-state index in [0.29, 0.717) is 6.42 Å². The summed E-state index contributed by atoms with van der Waals surface area (Å²) in [6.07, 6.45) is 0.464. The zero-order chi connectivity index (χ0) is 8.32. The Morgan fingerprint density at radius 2 is 2.36 bits per heavy atom. The summed E-state index contributed by atoms with van der Waals surface area (Å²) in [5.41, 5.74) is 0. The maximum atomic E-state index is 10.8. The topological polar surface area (TPSA) is 55.4 Å². The van der Waals surface area contributed by atoms with Crippen LogP contribution in [0.15, 0.2) is 0 Å². The third kappa shape index (κ3) is 2.89. The van der Waals surface area contributed by atoms with Gasteiger partial charge in [0.25, 0.3) is 0 Å². The van der Waals surface area contributed by atoms with E-state index in [1.54, 1.807) is 6.92 Å². The molecule has 0 unspecified atom stereocenters. The molecule has 0 bridgehead atoms. The van der Waals surface area contributed by atoms with Crippen LogP contribution in [-0.4, -0.2) is 21.1 Å². The van der Waals surface area contributed by atoms with E-state index >= 15 is 0 Å². The van der Waals surface area contributed by atoms with Gasteiger partial charge in [0, 0.05) is 6.42 Å². The number of hydrogen-bond donors (Lipinski definition) is 1. The van der Waals surface area contributed by atoms with Gasteiger partial charge < -0.3 is 0 Å². The van der Waals surface area contributed by atoms with Crippen LogP contribution < -0.4 is 4.72 Å². The van der Waals surface area contributed by atoms with Gasteiger partial charge in [-0.2, -0.15) is 13.1 Å². The first kappa shape index (κ1) is 8.53. The molecule has 0 spiro atoms. The molecular formula is C6H9NO3S. The van der Waals surface area contributed by atoms with Crippen LogP contribution in [0.25, 0.3) is 0 Å². The maximum absolute atomic E-state index is 10.8. The Labute approximate surface area is 66.2 Å². The minimum atomic E-state index is -3.54. The highest BCUT2D eigenvalue weighted by Gasteiger charge is 2.13. The summed E-state index contributed by atoms with van der Waals surface area (Å²) in [6, 6.07) is -0.361. The lowest BCUT2D eigenvalue weighted by molar-refractivity contribution is 0.316. The van der Waals surface area contributed by atoms with Gasteiger partial charge in [0.2, 0.25) is 0 Å². The monoisotopic (exact) mass is 175 g/mol. The van der Waals surface area contributed by atoms with Crippen molar-refractivity contribution in [2.24, 2.45) is 0 Å². The van der Waals surface area contributed by atoms with Crippen molar-refractivity contribution in [3.8, 4) is 11.8 Å². The first-order chi connectivity index (χ1) is 5.10. The fourth-order valence-electron chi connectivity index (χ4n) is 0.708. The van der Waals surface area contributed by atoms with Gasteiger partial charge in [-0.25, -0.2) is 0 Å². The molecule has 1 heterocycles. The molecule has 1 atom stereocenters. The standard InChI is InChI=1S/C6H9NO3S/c1-6-4-2-3-5-10-11(8,9)7-6/h6-7H,3,5H2,1H3/t6-/m0/s1. The van der Waals surface area contributed by atoms with Gasteiger partial charge in [0.1, 0.15) is 0 Å². The van der Waals surface area contributed by atoms with Crippen LogP contribution in [0.1, 0.15) is 13.3 Å². The normalized spacial score (nSPS) is 29.4. The third-order valence-electron chi connectivity index (χ3n) is 1.11. The van der Waals surface area contributed by atoms with E-state index in [1.807, 2.05) is 0 Å². The molecular weight excluding hydrogens is 166 g/mol. The predicted octanol–water partition coefficient (Wildman–Crippen LogP) is -0.367. The van der Waals surface area contributed by atoms with Crippen LogP contribution in [0, 0.1) is 11.8 Å². The van der Waals surface area contributed by atoms with Gasteiger partial charge in [0.05, 0.1) is 12.6 Å². The molecule has 0 aliphatic carbocycles. The van der Waals surface area contributed by atoms with Crippen LogP contribution >= 0.6 is 0 Å². The van der Waals surface area contributed by atoms with Crippen molar-refractivity contribution < 1.29 is 12.6 Å². The quantitative estimate of drug-likeness (QED) is 0.511. The molecule has 0 aromatic heterocycles. The molecule has 1 rings (SSSR count). The Morgan fingerprint density at radius 1 is 1.64 bits per heavy atom. The van der Waals surface area contributed by atoms with Gasteiger partial charge in [-0.3, -0.25) is 4.18 Å². The van der Waals surface area contributed by atoms with E-state index in [4.69, 9.17) is 0 Å². The molecule has 0 saturated heterocycles. The van der Waals surface area contributed by atoms with E-state index in [-0.39, 0.29) is 12.6 Å². The summed E-state index contributed by atoms with van der Waals surface area (Å²) < 4.78 is 28.4. The molecule has 0 saturated carbocycles. The van der Waals surface area contributed by atoms with Gasteiger partial charge in [0.15, 0.2) is 0 Å². The molecule has 62 valence electrons. The Kier molecular flexibility index (Phi) is 2.49. The molecule has 1 aliphatic heterocycles. The Morgan fingerprint density at radius 3 is 3.09 bits per heavy atom. The first-order valence-corrected chi connectivity index (χ1v) is 4.66. The van der Waals surface area contributed by atoms with Crippen LogP contribution in [-0.2, 0) is 14.5 Å². The van der Waals surface area contributed by atoms with E-state index in [0.717, 1.165) is 0 Å². The molecule has 0 aromatic carbocycles. The van der Waals surface area contributed by atoms with E-state index in [2.05, 4.69) is 20.7 Å². The Hall–Kier alpha value is -0.570. The lowest BCUT2D eigenvalue weighted by atomic mass is 10.3. The highest BCUT2D eigenvalue weighted by Crippen LogP contribution is 1.95. The summed E-state index contributed by atoms with van der Waals surface area (Å²) in [4.78, 5) is 0. The van der Waals surface area contributed by atoms with Crippen LogP contribution in [0.5, 0.6) is 0 Å². The van der Waals surface area contributed by atoms with Gasteiger partial charge in [-0.1, -0.05) is 11.8 Å². The SMILES string of the molecule is C[C@H]1C#CCCOS(=O)(=O)N1. The lowest BCUT2D eigenvalue weighted by Gasteiger charge is -2.09. The minimum Gasteiger partial charge on any atom is -0.257 e. The zero-order valence-corrected chi connectivity index (χ0v) is 6.94. The van der Waals surface area contributed by atoms with E-state index in [9.17, 15) is 8.42 Å². The number of nitrogens with one attached hydrogen (secondary N) is 1. The number of hydrogen-bond acceptors (Lipinski definition) is 3. The second-order valence-electron chi connectivity index (χ2n) is 2.19. The largest absolute Gasteiger partial charge is 0.336 e. The summed E-state index contributed by atoms with van der Waals surface area (Å²) in [6.45, 7) is 1.80. The fourth-order valence-corrected chi connectivity index (χ4v) is 1.57. The van der Waals surface area contributed by atoms with Crippen molar-refractivity contribution in [3.63, 3.8) is 0 Å². The van der Waals surface area contributed by atoms with E-state index in [1.165, 1.54) is 0 Å². The number of rotatable bonds is 0.